The molecule has 0 spiro atoms. The van der Waals surface area contributed by atoms with Crippen molar-refractivity contribution >= 4 is 29.0 Å². The van der Waals surface area contributed by atoms with Gasteiger partial charge >= 0.3 is 0 Å². The molecule has 190 valence electrons. The number of rotatable bonds is 7. The summed E-state index contributed by atoms with van der Waals surface area (Å²) in [7, 11) is 1.78. The topological polar surface area (TPSA) is 57.2 Å². The van der Waals surface area contributed by atoms with Gasteiger partial charge in [-0.1, -0.05) is 62.7 Å². The molecule has 0 atom stereocenters. The largest absolute Gasteiger partial charge is 0.494 e. The maximum absolute atomic E-state index is 12.0. The third kappa shape index (κ3) is 8.32. The second-order valence-electron chi connectivity index (χ2n) is 7.81. The molecule has 1 saturated heterocycles. The van der Waals surface area contributed by atoms with Crippen molar-refractivity contribution in [3.63, 3.8) is 0 Å². The highest BCUT2D eigenvalue weighted by atomic mass is 35.5. The van der Waals surface area contributed by atoms with Crippen molar-refractivity contribution in [1.29, 1.82) is 0 Å². The number of amides is 1. The zero-order valence-corrected chi connectivity index (χ0v) is 22.4. The summed E-state index contributed by atoms with van der Waals surface area (Å²) in [6.07, 6.45) is 3.23. The molecule has 0 aromatic heterocycles. The van der Waals surface area contributed by atoms with E-state index in [1.165, 1.54) is 0 Å². The number of carbonyl (C=O) groups is 1. The van der Waals surface area contributed by atoms with Crippen molar-refractivity contribution < 1.29 is 9.53 Å². The monoisotopic (exact) mass is 498 g/mol. The Hall–Kier alpha value is -2.99. The van der Waals surface area contributed by atoms with Crippen molar-refractivity contribution in [1.82, 2.24) is 15.1 Å². The smallest absolute Gasteiger partial charge is 0.222 e. The first kappa shape index (κ1) is 28.2. The normalized spacial score (nSPS) is 14.2. The van der Waals surface area contributed by atoms with E-state index in [4.69, 9.17) is 16.3 Å². The first-order valence-electron chi connectivity index (χ1n) is 12.5. The minimum absolute atomic E-state index is 0.204. The fourth-order valence-electron chi connectivity index (χ4n) is 3.86. The standard InChI is InChI=1S/C26H33ClN4O2.C2H6/c1-4-25(32)30-14-16-31(17-15-30)26(28-3)29-19-22(18-21-8-6-7-9-24(21)27)20-10-12-23(13-11-20)33-5-2;1-2/h6-13,19H,4-5,14-18H2,1-3H3,(H,28,29);1-2H3/b22-19+;. The predicted octanol–water partition coefficient (Wildman–Crippen LogP) is 5.48. The molecule has 0 bridgehead atoms. The number of halogens is 1. The van der Waals surface area contributed by atoms with E-state index in [0.29, 0.717) is 32.5 Å². The highest BCUT2D eigenvalue weighted by Crippen LogP contribution is 2.25. The molecule has 0 radical (unpaired) electrons. The van der Waals surface area contributed by atoms with Crippen LogP contribution < -0.4 is 10.1 Å². The zero-order chi connectivity index (χ0) is 25.6. The minimum atomic E-state index is 0.204. The molecule has 0 unspecified atom stereocenters. The molecule has 3 rings (SSSR count). The summed E-state index contributed by atoms with van der Waals surface area (Å²) in [6.45, 7) is 11.4. The Balaban J connectivity index is 0.00000210. The number of hydrogen-bond donors (Lipinski definition) is 1. The Kier molecular flexibility index (Phi) is 12.2. The molecule has 1 heterocycles. The van der Waals surface area contributed by atoms with Gasteiger partial charge in [-0.05, 0) is 41.8 Å². The van der Waals surface area contributed by atoms with E-state index >= 15 is 0 Å². The molecule has 2 aromatic carbocycles. The molecule has 7 heteroatoms. The Morgan fingerprint density at radius 3 is 2.23 bits per heavy atom. The maximum atomic E-state index is 12.0. The number of guanidine groups is 1. The molecule has 35 heavy (non-hydrogen) atoms. The van der Waals surface area contributed by atoms with Crippen LogP contribution in [0.25, 0.3) is 5.57 Å². The first-order chi connectivity index (χ1) is 17.0. The number of carbonyl (C=O) groups excluding carboxylic acids is 1. The van der Waals surface area contributed by atoms with Crippen LogP contribution in [0.1, 0.15) is 45.2 Å². The lowest BCUT2D eigenvalue weighted by molar-refractivity contribution is -0.132. The second kappa shape index (κ2) is 15.1. The SMILES string of the molecule is CC.CCOc1ccc(/C(=C/NC(=NC)N2CCN(C(=O)CC)CC2)Cc2ccccc2Cl)cc1. The summed E-state index contributed by atoms with van der Waals surface area (Å²) in [4.78, 5) is 20.6. The van der Waals surface area contributed by atoms with Crippen LogP contribution in [0, 0.1) is 0 Å². The molecule has 0 aliphatic carbocycles. The summed E-state index contributed by atoms with van der Waals surface area (Å²) < 4.78 is 5.60. The van der Waals surface area contributed by atoms with Crippen LogP contribution >= 0.6 is 11.6 Å². The zero-order valence-electron chi connectivity index (χ0n) is 21.7. The molecule has 1 aliphatic rings. The average molecular weight is 499 g/mol. The van der Waals surface area contributed by atoms with Gasteiger partial charge in [-0.2, -0.15) is 0 Å². The van der Waals surface area contributed by atoms with E-state index in [2.05, 4.69) is 27.3 Å². The van der Waals surface area contributed by atoms with Crippen molar-refractivity contribution in [3.05, 3.63) is 70.9 Å². The Morgan fingerprint density at radius 2 is 1.66 bits per heavy atom. The third-order valence-corrected chi connectivity index (χ3v) is 6.07. The van der Waals surface area contributed by atoms with E-state index in [9.17, 15) is 4.79 Å². The van der Waals surface area contributed by atoms with Gasteiger partial charge in [-0.15, -0.1) is 0 Å². The van der Waals surface area contributed by atoms with Crippen molar-refractivity contribution in [3.8, 4) is 5.75 Å². The van der Waals surface area contributed by atoms with Crippen LogP contribution in [0.2, 0.25) is 5.02 Å². The van der Waals surface area contributed by atoms with Crippen LogP contribution in [0.3, 0.4) is 0 Å². The fraction of sp³-hybridized carbons (Fsp3) is 0.429. The van der Waals surface area contributed by atoms with Gasteiger partial charge in [0.05, 0.1) is 6.61 Å². The fourth-order valence-corrected chi connectivity index (χ4v) is 4.06. The second-order valence-corrected chi connectivity index (χ2v) is 8.22. The summed E-state index contributed by atoms with van der Waals surface area (Å²) in [5.74, 6) is 1.85. The quantitative estimate of drug-likeness (QED) is 0.405. The van der Waals surface area contributed by atoms with Crippen molar-refractivity contribution in [2.45, 2.75) is 40.5 Å². The highest BCUT2D eigenvalue weighted by Gasteiger charge is 2.21. The van der Waals surface area contributed by atoms with Gasteiger partial charge < -0.3 is 19.9 Å². The van der Waals surface area contributed by atoms with Crippen LogP contribution in [0.4, 0.5) is 0 Å². The van der Waals surface area contributed by atoms with Crippen LogP contribution in [-0.4, -0.2) is 61.5 Å². The van der Waals surface area contributed by atoms with E-state index in [1.54, 1.807) is 7.05 Å². The van der Waals surface area contributed by atoms with E-state index in [1.807, 2.05) is 75.2 Å². The Morgan fingerprint density at radius 1 is 1.03 bits per heavy atom. The lowest BCUT2D eigenvalue weighted by Crippen LogP contribution is -2.53. The van der Waals surface area contributed by atoms with Gasteiger partial charge in [0.15, 0.2) is 5.96 Å². The molecule has 2 aromatic rings. The number of piperazine rings is 1. The van der Waals surface area contributed by atoms with Crippen LogP contribution in [0.15, 0.2) is 59.7 Å². The summed E-state index contributed by atoms with van der Waals surface area (Å²) in [5.41, 5.74) is 3.23. The van der Waals surface area contributed by atoms with E-state index in [0.717, 1.165) is 46.5 Å². The van der Waals surface area contributed by atoms with Gasteiger partial charge in [-0.3, -0.25) is 9.79 Å². The van der Waals surface area contributed by atoms with Gasteiger partial charge in [0.1, 0.15) is 5.75 Å². The van der Waals surface area contributed by atoms with Crippen LogP contribution in [0.5, 0.6) is 5.75 Å². The number of nitrogens with zero attached hydrogens (tertiary/aromatic N) is 3. The number of aliphatic imine (C=N–C) groups is 1. The van der Waals surface area contributed by atoms with Gasteiger partial charge in [0, 0.05) is 57.3 Å². The number of allylic oxidation sites excluding steroid dienone is 1. The average Bonchev–Trinajstić information content (AvgIpc) is 2.91. The minimum Gasteiger partial charge on any atom is -0.494 e. The van der Waals surface area contributed by atoms with E-state index < -0.39 is 0 Å². The summed E-state index contributed by atoms with van der Waals surface area (Å²) in [5, 5.41) is 4.16. The predicted molar refractivity (Wildman–Crippen MR) is 147 cm³/mol. The number of nitrogens with one attached hydrogen (secondary N) is 1. The molecule has 6 nitrogen and oxygen atoms in total. The molecule has 1 amide bonds. The lowest BCUT2D eigenvalue weighted by Gasteiger charge is -2.36. The molecular formula is C28H39ClN4O2. The Labute approximate surface area is 215 Å². The van der Waals surface area contributed by atoms with Gasteiger partial charge in [0.25, 0.3) is 0 Å². The number of hydrogen-bond acceptors (Lipinski definition) is 3. The first-order valence-corrected chi connectivity index (χ1v) is 12.8. The number of benzene rings is 2. The summed E-state index contributed by atoms with van der Waals surface area (Å²) in [6, 6.07) is 16.0. The van der Waals surface area contributed by atoms with Gasteiger partial charge in [-0.25, -0.2) is 0 Å². The van der Waals surface area contributed by atoms with E-state index in [-0.39, 0.29) is 5.91 Å². The molecule has 0 saturated carbocycles. The Bertz CT molecular complexity index is 981. The van der Waals surface area contributed by atoms with Crippen LogP contribution in [-0.2, 0) is 11.2 Å². The molecular weight excluding hydrogens is 460 g/mol. The highest BCUT2D eigenvalue weighted by molar-refractivity contribution is 6.31. The molecule has 1 aliphatic heterocycles. The lowest BCUT2D eigenvalue weighted by atomic mass is 9.99. The third-order valence-electron chi connectivity index (χ3n) is 5.70. The molecule has 1 N–H and O–H groups in total. The van der Waals surface area contributed by atoms with Crippen molar-refractivity contribution in [2.75, 3.05) is 39.8 Å². The maximum Gasteiger partial charge on any atom is 0.222 e. The van der Waals surface area contributed by atoms with Crippen molar-refractivity contribution in [2.24, 2.45) is 4.99 Å². The summed E-state index contributed by atoms with van der Waals surface area (Å²) >= 11 is 6.45. The number of ether oxygens (including phenoxy) is 1. The van der Waals surface area contributed by atoms with Gasteiger partial charge in [0.2, 0.25) is 5.91 Å². The molecule has 1 fully saturated rings.